The summed E-state index contributed by atoms with van der Waals surface area (Å²) in [5.74, 6) is -0.582. The van der Waals surface area contributed by atoms with Crippen LogP contribution >= 0.6 is 23.4 Å². The number of hydrogen-bond donors (Lipinski definition) is 1. The van der Waals surface area contributed by atoms with Crippen LogP contribution in [0, 0.1) is 0 Å². The van der Waals surface area contributed by atoms with Crippen LogP contribution in [0.25, 0.3) is 0 Å². The zero-order valence-corrected chi connectivity index (χ0v) is 19.5. The van der Waals surface area contributed by atoms with Crippen molar-refractivity contribution in [3.8, 4) is 0 Å². The second kappa shape index (κ2) is 10.3. The number of thioether (sulfide) groups is 1. The van der Waals surface area contributed by atoms with Gasteiger partial charge in [0.2, 0.25) is 5.91 Å². The van der Waals surface area contributed by atoms with E-state index in [1.807, 2.05) is 42.4 Å². The third-order valence-corrected chi connectivity index (χ3v) is 5.97. The zero-order valence-electron chi connectivity index (χ0n) is 18.0. The van der Waals surface area contributed by atoms with Crippen molar-refractivity contribution >= 4 is 40.4 Å². The number of amidine groups is 1. The molecule has 0 spiro atoms. The van der Waals surface area contributed by atoms with Gasteiger partial charge in [-0.05, 0) is 37.8 Å². The molecule has 0 bridgehead atoms. The molecule has 2 aliphatic rings. The summed E-state index contributed by atoms with van der Waals surface area (Å²) in [7, 11) is 1.54. The van der Waals surface area contributed by atoms with Crippen LogP contribution in [0.15, 0.2) is 51.6 Å². The number of ether oxygens (including phenoxy) is 2. The first-order valence-corrected chi connectivity index (χ1v) is 11.2. The minimum atomic E-state index is -0.552. The molecule has 0 unspecified atom stereocenters. The van der Waals surface area contributed by atoms with E-state index in [1.165, 1.54) is 11.8 Å². The predicted molar refractivity (Wildman–Crippen MR) is 123 cm³/mol. The Labute approximate surface area is 191 Å². The first kappa shape index (κ1) is 23.4. The van der Waals surface area contributed by atoms with Gasteiger partial charge in [0, 0.05) is 23.9 Å². The summed E-state index contributed by atoms with van der Waals surface area (Å²) in [5.41, 5.74) is 2.45. The number of nitrogens with zero attached hydrogens (tertiary/aromatic N) is 2. The van der Waals surface area contributed by atoms with Gasteiger partial charge in [0.1, 0.15) is 6.61 Å². The summed E-state index contributed by atoms with van der Waals surface area (Å²) in [4.78, 5) is 32.1. The number of rotatable bonds is 8. The molecule has 0 radical (unpaired) electrons. The fraction of sp³-hybridized carbons (Fsp3) is 0.409. The molecule has 1 N–H and O–H groups in total. The van der Waals surface area contributed by atoms with Crippen molar-refractivity contribution in [3.63, 3.8) is 0 Å². The Balaban J connectivity index is 2.01. The Morgan fingerprint density at radius 3 is 2.71 bits per heavy atom. The van der Waals surface area contributed by atoms with Gasteiger partial charge in [-0.1, -0.05) is 41.6 Å². The van der Waals surface area contributed by atoms with Crippen LogP contribution in [0.5, 0.6) is 0 Å². The lowest BCUT2D eigenvalue weighted by Crippen LogP contribution is -2.39. The topological polar surface area (TPSA) is 80.2 Å². The Morgan fingerprint density at radius 2 is 2.03 bits per heavy atom. The molecule has 3 rings (SSSR count). The smallest absolute Gasteiger partial charge is 0.338 e. The van der Waals surface area contributed by atoms with Gasteiger partial charge < -0.3 is 19.7 Å². The Morgan fingerprint density at radius 1 is 1.29 bits per heavy atom. The highest BCUT2D eigenvalue weighted by molar-refractivity contribution is 8.16. The van der Waals surface area contributed by atoms with E-state index in [9.17, 15) is 9.59 Å². The third kappa shape index (κ3) is 5.31. The second-order valence-corrected chi connectivity index (χ2v) is 8.69. The molecule has 1 aromatic carbocycles. The molecule has 2 aliphatic heterocycles. The molecule has 0 aromatic heterocycles. The first-order chi connectivity index (χ1) is 14.8. The summed E-state index contributed by atoms with van der Waals surface area (Å²) in [6.45, 7) is 6.03. The number of fused-ring (bicyclic) bond motifs is 1. The van der Waals surface area contributed by atoms with E-state index in [4.69, 9.17) is 21.1 Å². The summed E-state index contributed by atoms with van der Waals surface area (Å²) in [5, 5.41) is 6.02. The molecule has 0 saturated heterocycles. The molecular weight excluding hydrogens is 438 g/mol. The third-order valence-electron chi connectivity index (χ3n) is 4.73. The van der Waals surface area contributed by atoms with Gasteiger partial charge in [0.25, 0.3) is 0 Å². The quantitative estimate of drug-likeness (QED) is 0.463. The van der Waals surface area contributed by atoms with Crippen molar-refractivity contribution in [3.05, 3.63) is 57.2 Å². The maximum absolute atomic E-state index is 13.1. The maximum Gasteiger partial charge on any atom is 0.338 e. The van der Waals surface area contributed by atoms with Crippen LogP contribution in [-0.4, -0.2) is 48.3 Å². The lowest BCUT2D eigenvalue weighted by atomic mass is 9.93. The lowest BCUT2D eigenvalue weighted by molar-refractivity contribution is -0.141. The van der Waals surface area contributed by atoms with Gasteiger partial charge in [0.05, 0.1) is 30.3 Å². The minimum absolute atomic E-state index is 0.0319. The fourth-order valence-corrected chi connectivity index (χ4v) is 4.66. The van der Waals surface area contributed by atoms with Crippen molar-refractivity contribution in [1.82, 2.24) is 10.2 Å². The number of carbonyl (C=O) groups excluding carboxylic acids is 2. The molecule has 7 nitrogen and oxygen atoms in total. The Kier molecular flexibility index (Phi) is 7.80. The van der Waals surface area contributed by atoms with Gasteiger partial charge in [-0.3, -0.25) is 4.79 Å². The molecule has 166 valence electrons. The van der Waals surface area contributed by atoms with Crippen LogP contribution in [0.2, 0.25) is 5.02 Å². The van der Waals surface area contributed by atoms with Gasteiger partial charge in [0.15, 0.2) is 5.17 Å². The SMILES string of the molecule is COCCOC(=O)C1=C(C)N=C2SC=C(CC(=O)NC(C)C)N2[C@@H]1c1ccccc1Cl. The van der Waals surface area contributed by atoms with E-state index in [-0.39, 0.29) is 25.0 Å². The molecule has 2 heterocycles. The highest BCUT2D eigenvalue weighted by Crippen LogP contribution is 2.46. The van der Waals surface area contributed by atoms with E-state index in [0.29, 0.717) is 28.1 Å². The van der Waals surface area contributed by atoms with Crippen LogP contribution in [0.4, 0.5) is 0 Å². The number of carbonyl (C=O) groups is 2. The van der Waals surface area contributed by atoms with Crippen LogP contribution in [0.3, 0.4) is 0 Å². The van der Waals surface area contributed by atoms with Crippen molar-refractivity contribution < 1.29 is 19.1 Å². The number of aliphatic imine (C=N–C) groups is 1. The second-order valence-electron chi connectivity index (χ2n) is 7.44. The Hall–Kier alpha value is -2.29. The summed E-state index contributed by atoms with van der Waals surface area (Å²) in [6, 6.07) is 6.84. The molecule has 0 fully saturated rings. The van der Waals surface area contributed by atoms with Crippen molar-refractivity contribution in [1.29, 1.82) is 0 Å². The summed E-state index contributed by atoms with van der Waals surface area (Å²) >= 11 is 7.97. The first-order valence-electron chi connectivity index (χ1n) is 9.97. The summed E-state index contributed by atoms with van der Waals surface area (Å²) < 4.78 is 10.4. The van der Waals surface area contributed by atoms with Crippen LogP contribution in [0.1, 0.15) is 38.8 Å². The van der Waals surface area contributed by atoms with Gasteiger partial charge >= 0.3 is 5.97 Å². The number of amides is 1. The van der Waals surface area contributed by atoms with E-state index < -0.39 is 12.0 Å². The normalized spacial score (nSPS) is 18.0. The number of benzene rings is 1. The molecule has 31 heavy (non-hydrogen) atoms. The number of halogens is 1. The molecular formula is C22H26ClN3O4S. The average molecular weight is 464 g/mol. The fourth-order valence-electron chi connectivity index (χ4n) is 3.45. The molecule has 1 amide bonds. The van der Waals surface area contributed by atoms with E-state index in [1.54, 1.807) is 20.1 Å². The number of nitrogens with one attached hydrogen (secondary N) is 1. The molecule has 1 aromatic rings. The van der Waals surface area contributed by atoms with Crippen LogP contribution < -0.4 is 5.32 Å². The summed E-state index contributed by atoms with van der Waals surface area (Å²) in [6.07, 6.45) is 0.163. The van der Waals surface area contributed by atoms with E-state index >= 15 is 0 Å². The standard InChI is InChI=1S/C22H26ClN3O4S/c1-13(2)24-18(27)11-15-12-31-22-25-14(3)19(21(28)30-10-9-29-4)20(26(15)22)16-7-5-6-8-17(16)23/h5-8,12-13,20H,9-11H2,1-4H3,(H,24,27)/t20-/m1/s1. The van der Waals surface area contributed by atoms with Gasteiger partial charge in [-0.2, -0.15) is 0 Å². The number of esters is 1. The van der Waals surface area contributed by atoms with Crippen molar-refractivity contribution in [2.45, 2.75) is 39.3 Å². The molecule has 1 atom stereocenters. The number of allylic oxidation sites excluding steroid dienone is 1. The minimum Gasteiger partial charge on any atom is -0.460 e. The zero-order chi connectivity index (χ0) is 22.5. The number of methoxy groups -OCH3 is 1. The lowest BCUT2D eigenvalue weighted by Gasteiger charge is -2.36. The highest BCUT2D eigenvalue weighted by Gasteiger charge is 2.41. The highest BCUT2D eigenvalue weighted by atomic mass is 35.5. The van der Waals surface area contributed by atoms with Gasteiger partial charge in [-0.25, -0.2) is 9.79 Å². The average Bonchev–Trinajstić information content (AvgIpc) is 3.08. The Bertz CT molecular complexity index is 958. The number of hydrogen-bond acceptors (Lipinski definition) is 7. The maximum atomic E-state index is 13.1. The largest absolute Gasteiger partial charge is 0.460 e. The molecule has 0 aliphatic carbocycles. The van der Waals surface area contributed by atoms with Crippen molar-refractivity contribution in [2.75, 3.05) is 20.3 Å². The van der Waals surface area contributed by atoms with Crippen LogP contribution in [-0.2, 0) is 19.1 Å². The van der Waals surface area contributed by atoms with Gasteiger partial charge in [-0.15, -0.1) is 0 Å². The molecule has 0 saturated carbocycles. The van der Waals surface area contributed by atoms with E-state index in [0.717, 1.165) is 11.3 Å². The van der Waals surface area contributed by atoms with E-state index in [2.05, 4.69) is 10.3 Å². The monoisotopic (exact) mass is 463 g/mol. The predicted octanol–water partition coefficient (Wildman–Crippen LogP) is 4.02. The van der Waals surface area contributed by atoms with Crippen molar-refractivity contribution in [2.24, 2.45) is 4.99 Å². The molecule has 9 heteroatoms.